The fourth-order valence-electron chi connectivity index (χ4n) is 2.76. The second-order valence-electron chi connectivity index (χ2n) is 6.35. The monoisotopic (exact) mass is 385 g/mol. The molecule has 0 atom stereocenters. The highest BCUT2D eigenvalue weighted by molar-refractivity contribution is 6.31. The molecule has 0 bridgehead atoms. The van der Waals surface area contributed by atoms with E-state index in [1.54, 1.807) is 12.3 Å². The number of rotatable bonds is 6. The average Bonchev–Trinajstić information content (AvgIpc) is 3.05. The molecule has 1 amide bonds. The van der Waals surface area contributed by atoms with Gasteiger partial charge in [0.15, 0.2) is 6.61 Å². The van der Waals surface area contributed by atoms with Crippen LogP contribution in [0.3, 0.4) is 0 Å². The van der Waals surface area contributed by atoms with Crippen LogP contribution in [-0.4, -0.2) is 18.5 Å². The molecule has 3 rings (SSSR count). The van der Waals surface area contributed by atoms with Crippen LogP contribution in [0.4, 0.5) is 0 Å². The zero-order valence-electron chi connectivity index (χ0n) is 15.2. The first-order valence-electron chi connectivity index (χ1n) is 8.57. The molecule has 140 valence electrons. The molecule has 1 heterocycles. The van der Waals surface area contributed by atoms with Crippen LogP contribution >= 0.6 is 11.6 Å². The van der Waals surface area contributed by atoms with Gasteiger partial charge in [-0.1, -0.05) is 41.9 Å². The van der Waals surface area contributed by atoms with Crippen LogP contribution in [0.2, 0.25) is 5.02 Å². The Morgan fingerprint density at radius 1 is 1.11 bits per heavy atom. The zero-order chi connectivity index (χ0) is 19.4. The number of esters is 1. The van der Waals surface area contributed by atoms with Gasteiger partial charge in [-0.2, -0.15) is 0 Å². The lowest BCUT2D eigenvalue weighted by atomic mass is 10.0. The smallest absolute Gasteiger partial charge is 0.310 e. The van der Waals surface area contributed by atoms with E-state index in [9.17, 15) is 9.59 Å². The number of furan rings is 1. The van der Waals surface area contributed by atoms with Crippen molar-refractivity contribution in [1.82, 2.24) is 5.32 Å². The summed E-state index contributed by atoms with van der Waals surface area (Å²) in [6.07, 6.45) is 1.61. The summed E-state index contributed by atoms with van der Waals surface area (Å²) in [5, 5.41) is 4.14. The van der Waals surface area contributed by atoms with Gasteiger partial charge in [-0.3, -0.25) is 9.59 Å². The predicted octanol–water partition coefficient (Wildman–Crippen LogP) is 4.11. The van der Waals surface area contributed by atoms with Crippen molar-refractivity contribution in [3.63, 3.8) is 0 Å². The van der Waals surface area contributed by atoms with Gasteiger partial charge in [-0.15, -0.1) is 0 Å². The van der Waals surface area contributed by atoms with Crippen LogP contribution in [-0.2, 0) is 27.3 Å². The van der Waals surface area contributed by atoms with Crippen molar-refractivity contribution in [2.45, 2.75) is 26.8 Å². The SMILES string of the molecule is Cc1ccc2c(CC(=O)OCC(=O)NCc3ccccc3Cl)coc2c1C. The van der Waals surface area contributed by atoms with Crippen molar-refractivity contribution < 1.29 is 18.7 Å². The molecule has 0 saturated carbocycles. The number of hydrogen-bond donors (Lipinski definition) is 1. The van der Waals surface area contributed by atoms with Gasteiger partial charge in [0.25, 0.3) is 5.91 Å². The van der Waals surface area contributed by atoms with E-state index in [1.807, 2.05) is 44.2 Å². The fraction of sp³-hybridized carbons (Fsp3) is 0.238. The minimum atomic E-state index is -0.483. The molecular formula is C21H20ClNO4. The average molecular weight is 386 g/mol. The second-order valence-corrected chi connectivity index (χ2v) is 6.76. The number of carbonyl (C=O) groups excluding carboxylic acids is 2. The molecule has 27 heavy (non-hydrogen) atoms. The Labute approximate surface area is 162 Å². The molecule has 6 heteroatoms. The van der Waals surface area contributed by atoms with Crippen molar-refractivity contribution in [2.24, 2.45) is 0 Å². The summed E-state index contributed by atoms with van der Waals surface area (Å²) in [4.78, 5) is 24.0. The topological polar surface area (TPSA) is 68.5 Å². The lowest BCUT2D eigenvalue weighted by Gasteiger charge is -2.07. The van der Waals surface area contributed by atoms with E-state index in [4.69, 9.17) is 20.8 Å². The lowest BCUT2D eigenvalue weighted by molar-refractivity contribution is -0.147. The fourth-order valence-corrected chi connectivity index (χ4v) is 2.97. The maximum absolute atomic E-state index is 12.1. The summed E-state index contributed by atoms with van der Waals surface area (Å²) in [5.74, 6) is -0.865. The highest BCUT2D eigenvalue weighted by atomic mass is 35.5. The molecule has 0 aliphatic heterocycles. The number of amides is 1. The molecule has 0 saturated heterocycles. The van der Waals surface area contributed by atoms with E-state index in [0.29, 0.717) is 5.02 Å². The zero-order valence-corrected chi connectivity index (χ0v) is 15.9. The molecule has 0 aliphatic carbocycles. The Bertz CT molecular complexity index is 993. The molecule has 0 spiro atoms. The summed E-state index contributed by atoms with van der Waals surface area (Å²) < 4.78 is 10.7. The first kappa shape index (κ1) is 19.0. The predicted molar refractivity (Wildman–Crippen MR) is 104 cm³/mol. The Morgan fingerprint density at radius 3 is 2.67 bits per heavy atom. The van der Waals surface area contributed by atoms with E-state index in [2.05, 4.69) is 5.32 Å². The summed E-state index contributed by atoms with van der Waals surface area (Å²) in [6, 6.07) is 11.2. The second kappa shape index (κ2) is 8.27. The normalized spacial score (nSPS) is 10.8. The van der Waals surface area contributed by atoms with Gasteiger partial charge in [0.2, 0.25) is 0 Å². The standard InChI is InChI=1S/C21H20ClNO4/c1-13-7-8-17-16(11-27-21(17)14(13)2)9-20(25)26-12-19(24)23-10-15-5-3-4-6-18(15)22/h3-8,11H,9-10,12H2,1-2H3,(H,23,24). The van der Waals surface area contributed by atoms with Crippen molar-refractivity contribution in [3.8, 4) is 0 Å². The number of carbonyl (C=O) groups is 2. The third-order valence-electron chi connectivity index (χ3n) is 4.47. The molecule has 3 aromatic rings. The molecule has 0 unspecified atom stereocenters. The van der Waals surface area contributed by atoms with Gasteiger partial charge in [0, 0.05) is 22.5 Å². The Kier molecular flexibility index (Phi) is 5.81. The Balaban J connectivity index is 1.52. The van der Waals surface area contributed by atoms with Crippen molar-refractivity contribution in [2.75, 3.05) is 6.61 Å². The van der Waals surface area contributed by atoms with Crippen LogP contribution in [0.1, 0.15) is 22.3 Å². The molecule has 1 aromatic heterocycles. The quantitative estimate of drug-likeness (QED) is 0.648. The number of nitrogens with one attached hydrogen (secondary N) is 1. The van der Waals surface area contributed by atoms with Crippen molar-refractivity contribution in [3.05, 3.63) is 69.9 Å². The first-order valence-corrected chi connectivity index (χ1v) is 8.95. The van der Waals surface area contributed by atoms with Crippen LogP contribution in [0, 0.1) is 13.8 Å². The van der Waals surface area contributed by atoms with Crippen LogP contribution in [0.15, 0.2) is 47.1 Å². The van der Waals surface area contributed by atoms with Gasteiger partial charge >= 0.3 is 5.97 Å². The van der Waals surface area contributed by atoms with Crippen LogP contribution < -0.4 is 5.32 Å². The number of ether oxygens (including phenoxy) is 1. The molecule has 2 aromatic carbocycles. The minimum absolute atomic E-state index is 0.0489. The molecule has 0 fully saturated rings. The maximum atomic E-state index is 12.1. The number of fused-ring (bicyclic) bond motifs is 1. The molecular weight excluding hydrogens is 366 g/mol. The van der Waals surface area contributed by atoms with Crippen LogP contribution in [0.5, 0.6) is 0 Å². The van der Waals surface area contributed by atoms with Crippen molar-refractivity contribution in [1.29, 1.82) is 0 Å². The van der Waals surface area contributed by atoms with E-state index in [0.717, 1.165) is 33.2 Å². The summed E-state index contributed by atoms with van der Waals surface area (Å²) in [5.41, 5.74) is 4.49. The molecule has 1 N–H and O–H groups in total. The largest absolute Gasteiger partial charge is 0.464 e. The molecule has 0 aliphatic rings. The third-order valence-corrected chi connectivity index (χ3v) is 4.84. The lowest BCUT2D eigenvalue weighted by Crippen LogP contribution is -2.28. The highest BCUT2D eigenvalue weighted by Gasteiger charge is 2.15. The Hall–Kier alpha value is -2.79. The van der Waals surface area contributed by atoms with E-state index in [-0.39, 0.29) is 25.5 Å². The number of benzene rings is 2. The summed E-state index contributed by atoms with van der Waals surface area (Å²) >= 11 is 6.04. The van der Waals surface area contributed by atoms with E-state index < -0.39 is 5.97 Å². The minimum Gasteiger partial charge on any atom is -0.464 e. The number of aryl methyl sites for hydroxylation is 2. The summed E-state index contributed by atoms with van der Waals surface area (Å²) in [6.45, 7) is 3.93. The van der Waals surface area contributed by atoms with Gasteiger partial charge in [0.1, 0.15) is 5.58 Å². The van der Waals surface area contributed by atoms with E-state index >= 15 is 0 Å². The Morgan fingerprint density at radius 2 is 1.89 bits per heavy atom. The van der Waals surface area contributed by atoms with Crippen molar-refractivity contribution >= 4 is 34.4 Å². The number of hydrogen-bond acceptors (Lipinski definition) is 4. The van der Waals surface area contributed by atoms with Gasteiger partial charge in [0.05, 0.1) is 12.7 Å². The third kappa shape index (κ3) is 4.49. The maximum Gasteiger partial charge on any atom is 0.310 e. The highest BCUT2D eigenvalue weighted by Crippen LogP contribution is 2.26. The van der Waals surface area contributed by atoms with Crippen LogP contribution in [0.25, 0.3) is 11.0 Å². The van der Waals surface area contributed by atoms with Gasteiger partial charge < -0.3 is 14.5 Å². The number of halogens is 1. The van der Waals surface area contributed by atoms with Gasteiger partial charge in [-0.05, 0) is 36.6 Å². The molecule has 5 nitrogen and oxygen atoms in total. The molecule has 0 radical (unpaired) electrons. The van der Waals surface area contributed by atoms with Gasteiger partial charge in [-0.25, -0.2) is 0 Å². The van der Waals surface area contributed by atoms with E-state index in [1.165, 1.54) is 0 Å². The summed E-state index contributed by atoms with van der Waals surface area (Å²) in [7, 11) is 0. The first-order chi connectivity index (χ1) is 13.0.